The lowest BCUT2D eigenvalue weighted by Crippen LogP contribution is -2.43. The molecule has 0 spiro atoms. The van der Waals surface area contributed by atoms with Gasteiger partial charge in [-0.25, -0.2) is 0 Å². The van der Waals surface area contributed by atoms with Crippen molar-refractivity contribution in [2.75, 3.05) is 31.1 Å². The van der Waals surface area contributed by atoms with Gasteiger partial charge in [-0.1, -0.05) is 6.57 Å². The van der Waals surface area contributed by atoms with Crippen molar-refractivity contribution in [3.63, 3.8) is 0 Å². The topological polar surface area (TPSA) is 33.0 Å². The van der Waals surface area contributed by atoms with Gasteiger partial charge < -0.3 is 19.4 Å². The molecule has 130 valence electrons. The number of piperidine rings is 2. The zero-order valence-corrected chi connectivity index (χ0v) is 14.8. The van der Waals surface area contributed by atoms with Crippen LogP contribution in [0.5, 0.6) is 0 Å². The first kappa shape index (κ1) is 17.2. The maximum absolute atomic E-state index is 6.97. The summed E-state index contributed by atoms with van der Waals surface area (Å²) in [5.74, 6) is 0.463. The zero-order chi connectivity index (χ0) is 16.9. The van der Waals surface area contributed by atoms with Gasteiger partial charge in [0.1, 0.15) is 6.20 Å². The molecule has 5 nitrogen and oxygen atoms in total. The Morgan fingerprint density at radius 1 is 1.08 bits per heavy atom. The van der Waals surface area contributed by atoms with Crippen molar-refractivity contribution >= 4 is 11.5 Å². The highest BCUT2D eigenvalue weighted by atomic mass is 16.5. The number of aromatic nitrogens is 1. The molecular formula is C19H28N4O. The summed E-state index contributed by atoms with van der Waals surface area (Å²) in [5, 5.41) is 0. The molecule has 0 amide bonds. The molecule has 3 rings (SSSR count). The summed E-state index contributed by atoms with van der Waals surface area (Å²) in [6.45, 7) is 15.9. The summed E-state index contributed by atoms with van der Waals surface area (Å²) in [6, 6.07) is 4.45. The first-order valence-electron chi connectivity index (χ1n) is 9.13. The zero-order valence-electron chi connectivity index (χ0n) is 14.8. The van der Waals surface area contributed by atoms with Crippen molar-refractivity contribution in [1.29, 1.82) is 0 Å². The molecule has 24 heavy (non-hydrogen) atoms. The average Bonchev–Trinajstić information content (AvgIpc) is 2.63. The van der Waals surface area contributed by atoms with Gasteiger partial charge in [0.25, 0.3) is 5.82 Å². The largest absolute Gasteiger partial charge is 0.375 e. The predicted octanol–water partition coefficient (Wildman–Crippen LogP) is 3.49. The van der Waals surface area contributed by atoms with Crippen molar-refractivity contribution in [3.8, 4) is 0 Å². The molecule has 0 radical (unpaired) electrons. The van der Waals surface area contributed by atoms with Gasteiger partial charge >= 0.3 is 0 Å². The molecule has 0 N–H and O–H groups in total. The Bertz CT molecular complexity index is 550. The van der Waals surface area contributed by atoms with Gasteiger partial charge in [-0.2, -0.15) is 0 Å². The molecule has 1 aromatic rings. The summed E-state index contributed by atoms with van der Waals surface area (Å²) < 4.78 is 6.37. The molecule has 2 aliphatic rings. The number of hydrogen-bond donors (Lipinski definition) is 0. The molecule has 2 saturated heterocycles. The maximum atomic E-state index is 6.97. The second kappa shape index (κ2) is 7.96. The smallest absolute Gasteiger partial charge is 0.269 e. The van der Waals surface area contributed by atoms with Crippen LogP contribution in [-0.4, -0.2) is 54.3 Å². The van der Waals surface area contributed by atoms with Crippen molar-refractivity contribution in [2.24, 2.45) is 0 Å². The maximum Gasteiger partial charge on any atom is 0.269 e. The highest BCUT2D eigenvalue weighted by Crippen LogP contribution is 2.25. The van der Waals surface area contributed by atoms with E-state index in [4.69, 9.17) is 11.3 Å². The lowest BCUT2D eigenvalue weighted by molar-refractivity contribution is -0.0540. The van der Waals surface area contributed by atoms with E-state index in [0.29, 0.717) is 24.1 Å². The highest BCUT2D eigenvalue weighted by molar-refractivity contribution is 5.50. The molecule has 0 saturated carbocycles. The van der Waals surface area contributed by atoms with E-state index in [2.05, 4.69) is 33.5 Å². The second-order valence-electron chi connectivity index (χ2n) is 7.14. The lowest BCUT2D eigenvalue weighted by Gasteiger charge is -2.38. The van der Waals surface area contributed by atoms with E-state index in [1.807, 2.05) is 12.3 Å². The molecule has 1 aromatic heterocycles. The van der Waals surface area contributed by atoms with Crippen LogP contribution in [0.2, 0.25) is 0 Å². The number of rotatable bonds is 4. The van der Waals surface area contributed by atoms with Gasteiger partial charge in [0.2, 0.25) is 0 Å². The minimum atomic E-state index is 0.396. The summed E-state index contributed by atoms with van der Waals surface area (Å²) in [7, 11) is 0. The van der Waals surface area contributed by atoms with Gasteiger partial charge in [-0.15, -0.1) is 4.98 Å². The Morgan fingerprint density at radius 2 is 1.71 bits per heavy atom. The number of likely N-dealkylation sites (tertiary alicyclic amines) is 1. The number of nitrogens with zero attached hydrogens (tertiary/aromatic N) is 4. The minimum Gasteiger partial charge on any atom is -0.375 e. The molecule has 0 aliphatic carbocycles. The van der Waals surface area contributed by atoms with E-state index < -0.39 is 0 Å². The lowest BCUT2D eigenvalue weighted by atomic mass is 10.0. The Balaban J connectivity index is 1.43. The van der Waals surface area contributed by atoms with E-state index in [-0.39, 0.29) is 0 Å². The summed E-state index contributed by atoms with van der Waals surface area (Å²) in [5.41, 5.74) is 1.12. The van der Waals surface area contributed by atoms with Crippen LogP contribution in [0.25, 0.3) is 4.85 Å². The summed E-state index contributed by atoms with van der Waals surface area (Å²) >= 11 is 0. The molecule has 2 aliphatic heterocycles. The molecule has 0 bridgehead atoms. The van der Waals surface area contributed by atoms with Crippen LogP contribution in [0.1, 0.15) is 39.5 Å². The van der Waals surface area contributed by atoms with E-state index >= 15 is 0 Å². The first-order valence-corrected chi connectivity index (χ1v) is 9.13. The Kier molecular flexibility index (Phi) is 5.70. The van der Waals surface area contributed by atoms with Crippen molar-refractivity contribution in [3.05, 3.63) is 29.7 Å². The Labute approximate surface area is 145 Å². The van der Waals surface area contributed by atoms with Crippen molar-refractivity contribution < 1.29 is 4.74 Å². The number of anilines is 1. The van der Waals surface area contributed by atoms with Crippen LogP contribution in [0.4, 0.5) is 11.5 Å². The predicted molar refractivity (Wildman–Crippen MR) is 96.6 cm³/mol. The third-order valence-electron chi connectivity index (χ3n) is 5.25. The van der Waals surface area contributed by atoms with E-state index in [9.17, 15) is 0 Å². The van der Waals surface area contributed by atoms with Gasteiger partial charge in [0.05, 0.1) is 17.9 Å². The van der Waals surface area contributed by atoms with Gasteiger partial charge in [0, 0.05) is 32.2 Å². The fourth-order valence-corrected chi connectivity index (χ4v) is 3.68. The van der Waals surface area contributed by atoms with Gasteiger partial charge in [-0.3, -0.25) is 0 Å². The van der Waals surface area contributed by atoms with E-state index in [0.717, 1.165) is 31.6 Å². The number of pyridine rings is 1. The molecule has 5 heteroatoms. The number of hydrogen-bond acceptors (Lipinski definition) is 4. The van der Waals surface area contributed by atoms with Crippen molar-refractivity contribution in [2.45, 2.75) is 57.8 Å². The second-order valence-corrected chi connectivity index (χ2v) is 7.14. The summed E-state index contributed by atoms with van der Waals surface area (Å²) in [6.07, 6.45) is 7.14. The number of ether oxygens (including phenoxy) is 1. The van der Waals surface area contributed by atoms with E-state index in [1.54, 1.807) is 6.07 Å². The van der Waals surface area contributed by atoms with Crippen LogP contribution in [-0.2, 0) is 4.74 Å². The molecule has 3 heterocycles. The van der Waals surface area contributed by atoms with Gasteiger partial charge in [-0.05, 0) is 51.7 Å². The first-order chi connectivity index (χ1) is 11.7. The SMILES string of the molecule is [C-]#[N+]c1ccc(N2CCC(OC3CCN(C(C)C)CC3)CC2)cn1. The van der Waals surface area contributed by atoms with E-state index in [1.165, 1.54) is 25.9 Å². The summed E-state index contributed by atoms with van der Waals surface area (Å²) in [4.78, 5) is 12.4. The van der Waals surface area contributed by atoms with Crippen LogP contribution in [0.15, 0.2) is 18.3 Å². The quantitative estimate of drug-likeness (QED) is 0.792. The van der Waals surface area contributed by atoms with Crippen LogP contribution >= 0.6 is 0 Å². The third-order valence-corrected chi connectivity index (χ3v) is 5.25. The molecule has 0 unspecified atom stereocenters. The van der Waals surface area contributed by atoms with Crippen LogP contribution < -0.4 is 4.90 Å². The molecule has 2 fully saturated rings. The standard InChI is InChI=1S/C19H28N4O/c1-15(2)22-10-6-17(7-11-22)24-18-8-12-23(13-9-18)16-4-5-19(20-3)21-14-16/h4-5,14-15,17-18H,6-13H2,1-2H3. The van der Waals surface area contributed by atoms with Crippen LogP contribution in [0, 0.1) is 6.57 Å². The average molecular weight is 328 g/mol. The minimum absolute atomic E-state index is 0.396. The fraction of sp³-hybridized carbons (Fsp3) is 0.684. The monoisotopic (exact) mass is 328 g/mol. The Hall–Kier alpha value is -1.64. The Morgan fingerprint density at radius 3 is 2.21 bits per heavy atom. The van der Waals surface area contributed by atoms with Gasteiger partial charge in [0.15, 0.2) is 0 Å². The normalized spacial score (nSPS) is 21.2. The molecular weight excluding hydrogens is 300 g/mol. The molecule has 0 atom stereocenters. The third kappa shape index (κ3) is 4.25. The van der Waals surface area contributed by atoms with Crippen molar-refractivity contribution in [1.82, 2.24) is 9.88 Å². The highest BCUT2D eigenvalue weighted by Gasteiger charge is 2.26. The molecule has 0 aromatic carbocycles. The fourth-order valence-electron chi connectivity index (χ4n) is 3.68. The van der Waals surface area contributed by atoms with Crippen LogP contribution in [0.3, 0.4) is 0 Å².